The number of benzene rings is 1. The molecule has 0 radical (unpaired) electrons. The number of hydrogen-bond donors (Lipinski definition) is 2. The second kappa shape index (κ2) is 4.47. The summed E-state index contributed by atoms with van der Waals surface area (Å²) < 4.78 is 5.16. The van der Waals surface area contributed by atoms with E-state index in [4.69, 9.17) is 21.4 Å². The second-order valence-corrected chi connectivity index (χ2v) is 3.63. The van der Waals surface area contributed by atoms with E-state index in [1.807, 2.05) is 6.07 Å². The molecule has 0 unspecified atom stereocenters. The lowest BCUT2D eigenvalue weighted by molar-refractivity contribution is 0.0691. The molecule has 0 atom stereocenters. The molecular formula is C11H9ClN2O3. The molecule has 1 aromatic carbocycles. The maximum absolute atomic E-state index is 10.8. The predicted molar refractivity (Wildman–Crippen MR) is 62.5 cm³/mol. The Labute approximate surface area is 102 Å². The number of carboxylic acids is 1. The van der Waals surface area contributed by atoms with Crippen LogP contribution in [0.3, 0.4) is 0 Å². The number of ether oxygens (including phenoxy) is 1. The molecule has 0 aliphatic rings. The fourth-order valence-electron chi connectivity index (χ4n) is 1.46. The van der Waals surface area contributed by atoms with Gasteiger partial charge in [0.1, 0.15) is 16.7 Å². The van der Waals surface area contributed by atoms with E-state index < -0.39 is 5.97 Å². The number of aromatic nitrogens is 2. The largest absolute Gasteiger partial charge is 0.496 e. The van der Waals surface area contributed by atoms with Crippen LogP contribution >= 0.6 is 11.6 Å². The molecule has 5 nitrogen and oxygen atoms in total. The van der Waals surface area contributed by atoms with Crippen molar-refractivity contribution in [2.45, 2.75) is 0 Å². The highest BCUT2D eigenvalue weighted by Gasteiger charge is 2.17. The molecule has 0 spiro atoms. The fourth-order valence-corrected chi connectivity index (χ4v) is 1.67. The van der Waals surface area contributed by atoms with Gasteiger partial charge in [-0.2, -0.15) is 0 Å². The first kappa shape index (κ1) is 11.5. The average Bonchev–Trinajstić information content (AvgIpc) is 2.71. The molecule has 0 aliphatic carbocycles. The lowest BCUT2D eigenvalue weighted by Crippen LogP contribution is -1.97. The predicted octanol–water partition coefficient (Wildman–Crippen LogP) is 2.44. The summed E-state index contributed by atoms with van der Waals surface area (Å²) >= 11 is 5.75. The molecule has 0 aliphatic heterocycles. The molecule has 1 aromatic heterocycles. The molecular weight excluding hydrogens is 244 g/mol. The molecule has 17 heavy (non-hydrogen) atoms. The zero-order valence-corrected chi connectivity index (χ0v) is 9.65. The SMILES string of the molecule is COc1ccccc1-c1nc(C(=O)O)c(Cl)[nH]1. The van der Waals surface area contributed by atoms with Gasteiger partial charge in [0.05, 0.1) is 12.7 Å². The molecule has 2 aromatic rings. The lowest BCUT2D eigenvalue weighted by atomic mass is 10.2. The third-order valence-electron chi connectivity index (χ3n) is 2.22. The maximum Gasteiger partial charge on any atom is 0.357 e. The Morgan fingerprint density at radius 2 is 2.18 bits per heavy atom. The third kappa shape index (κ3) is 2.09. The van der Waals surface area contributed by atoms with Crippen molar-refractivity contribution in [3.05, 3.63) is 35.1 Å². The number of carboxylic acid groups (broad SMARTS) is 1. The van der Waals surface area contributed by atoms with Gasteiger partial charge in [0.15, 0.2) is 5.69 Å². The molecule has 0 amide bonds. The minimum atomic E-state index is -1.17. The highest BCUT2D eigenvalue weighted by molar-refractivity contribution is 6.32. The molecule has 0 saturated carbocycles. The van der Waals surface area contributed by atoms with Gasteiger partial charge in [0, 0.05) is 0 Å². The van der Waals surface area contributed by atoms with Crippen LogP contribution in [0.4, 0.5) is 0 Å². The molecule has 2 N–H and O–H groups in total. The van der Waals surface area contributed by atoms with Gasteiger partial charge in [-0.25, -0.2) is 9.78 Å². The zero-order valence-electron chi connectivity index (χ0n) is 8.90. The number of rotatable bonds is 3. The van der Waals surface area contributed by atoms with Crippen molar-refractivity contribution < 1.29 is 14.6 Å². The Morgan fingerprint density at radius 1 is 1.47 bits per heavy atom. The number of methoxy groups -OCH3 is 1. The van der Waals surface area contributed by atoms with Crippen LogP contribution in [-0.4, -0.2) is 28.2 Å². The molecule has 1 heterocycles. The van der Waals surface area contributed by atoms with Gasteiger partial charge < -0.3 is 14.8 Å². The Kier molecular flexibility index (Phi) is 3.01. The Morgan fingerprint density at radius 3 is 2.76 bits per heavy atom. The van der Waals surface area contributed by atoms with E-state index in [1.165, 1.54) is 7.11 Å². The minimum absolute atomic E-state index is 0.00148. The number of H-pyrrole nitrogens is 1. The standard InChI is InChI=1S/C11H9ClN2O3/c1-17-7-5-3-2-4-6(7)10-13-8(11(15)16)9(12)14-10/h2-5H,1H3,(H,13,14)(H,15,16). The molecule has 2 rings (SSSR count). The number of aromatic carboxylic acids is 1. The van der Waals surface area contributed by atoms with Gasteiger partial charge in [0.2, 0.25) is 0 Å². The van der Waals surface area contributed by atoms with E-state index in [0.717, 1.165) is 0 Å². The van der Waals surface area contributed by atoms with E-state index in [-0.39, 0.29) is 10.8 Å². The summed E-state index contributed by atoms with van der Waals surface area (Å²) in [6, 6.07) is 7.13. The summed E-state index contributed by atoms with van der Waals surface area (Å²) in [7, 11) is 1.53. The van der Waals surface area contributed by atoms with Crippen LogP contribution in [0, 0.1) is 0 Å². The number of aromatic amines is 1. The van der Waals surface area contributed by atoms with Crippen molar-refractivity contribution in [3.63, 3.8) is 0 Å². The van der Waals surface area contributed by atoms with Crippen molar-refractivity contribution in [2.75, 3.05) is 7.11 Å². The average molecular weight is 253 g/mol. The van der Waals surface area contributed by atoms with Crippen molar-refractivity contribution in [2.24, 2.45) is 0 Å². The number of nitrogens with one attached hydrogen (secondary N) is 1. The van der Waals surface area contributed by atoms with Crippen molar-refractivity contribution >= 4 is 17.6 Å². The summed E-state index contributed by atoms with van der Waals surface area (Å²) in [4.78, 5) is 17.5. The van der Waals surface area contributed by atoms with Gasteiger partial charge >= 0.3 is 5.97 Å². The summed E-state index contributed by atoms with van der Waals surface area (Å²) in [5, 5.41) is 8.85. The van der Waals surface area contributed by atoms with Gasteiger partial charge in [-0.15, -0.1) is 0 Å². The molecule has 88 valence electrons. The summed E-state index contributed by atoms with van der Waals surface area (Å²) in [6.07, 6.45) is 0. The number of para-hydroxylation sites is 1. The van der Waals surface area contributed by atoms with Crippen LogP contribution in [0.5, 0.6) is 5.75 Å². The normalized spacial score (nSPS) is 10.2. The molecule has 0 fully saturated rings. The van der Waals surface area contributed by atoms with Crippen molar-refractivity contribution in [3.8, 4) is 17.1 Å². The van der Waals surface area contributed by atoms with Gasteiger partial charge in [0.25, 0.3) is 0 Å². The van der Waals surface area contributed by atoms with Gasteiger partial charge in [-0.3, -0.25) is 0 Å². The summed E-state index contributed by atoms with van der Waals surface area (Å²) in [5.41, 5.74) is 0.456. The van der Waals surface area contributed by atoms with E-state index in [0.29, 0.717) is 17.1 Å². The van der Waals surface area contributed by atoms with Crippen LogP contribution in [-0.2, 0) is 0 Å². The molecule has 6 heteroatoms. The number of nitrogens with zero attached hydrogens (tertiary/aromatic N) is 1. The van der Waals surface area contributed by atoms with E-state index >= 15 is 0 Å². The van der Waals surface area contributed by atoms with E-state index in [9.17, 15) is 4.79 Å². The Bertz CT molecular complexity index is 566. The highest BCUT2D eigenvalue weighted by atomic mass is 35.5. The molecule has 0 saturated heterocycles. The summed E-state index contributed by atoms with van der Waals surface area (Å²) in [5.74, 6) is -0.216. The maximum atomic E-state index is 10.8. The van der Waals surface area contributed by atoms with Crippen molar-refractivity contribution in [1.82, 2.24) is 9.97 Å². The first-order valence-electron chi connectivity index (χ1n) is 4.75. The fraction of sp³-hybridized carbons (Fsp3) is 0.0909. The summed E-state index contributed by atoms with van der Waals surface area (Å²) in [6.45, 7) is 0. The van der Waals surface area contributed by atoms with E-state index in [1.54, 1.807) is 18.2 Å². The van der Waals surface area contributed by atoms with Crippen LogP contribution < -0.4 is 4.74 Å². The first-order valence-corrected chi connectivity index (χ1v) is 5.13. The number of hydrogen-bond acceptors (Lipinski definition) is 3. The number of halogens is 1. The topological polar surface area (TPSA) is 75.2 Å². The molecule has 0 bridgehead atoms. The first-order chi connectivity index (χ1) is 8.13. The number of carbonyl (C=O) groups is 1. The van der Waals surface area contributed by atoms with Crippen molar-refractivity contribution in [1.29, 1.82) is 0 Å². The third-order valence-corrected chi connectivity index (χ3v) is 2.50. The van der Waals surface area contributed by atoms with E-state index in [2.05, 4.69) is 9.97 Å². The van der Waals surface area contributed by atoms with Gasteiger partial charge in [-0.1, -0.05) is 23.7 Å². The van der Waals surface area contributed by atoms with Crippen LogP contribution in [0.15, 0.2) is 24.3 Å². The van der Waals surface area contributed by atoms with Crippen LogP contribution in [0.25, 0.3) is 11.4 Å². The zero-order chi connectivity index (χ0) is 12.4. The second-order valence-electron chi connectivity index (χ2n) is 3.25. The quantitative estimate of drug-likeness (QED) is 0.880. The lowest BCUT2D eigenvalue weighted by Gasteiger charge is -2.04. The van der Waals surface area contributed by atoms with Crippen LogP contribution in [0.2, 0.25) is 5.15 Å². The number of imidazole rings is 1. The Balaban J connectivity index is 2.53. The van der Waals surface area contributed by atoms with Gasteiger partial charge in [-0.05, 0) is 12.1 Å². The smallest absolute Gasteiger partial charge is 0.357 e. The minimum Gasteiger partial charge on any atom is -0.496 e. The van der Waals surface area contributed by atoms with Crippen LogP contribution in [0.1, 0.15) is 10.5 Å². The Hall–Kier alpha value is -2.01. The highest BCUT2D eigenvalue weighted by Crippen LogP contribution is 2.29. The monoisotopic (exact) mass is 252 g/mol.